The number of terminal acetylenes is 1. The van der Waals surface area contributed by atoms with Crippen molar-refractivity contribution < 1.29 is 18.3 Å². The van der Waals surface area contributed by atoms with E-state index in [0.717, 1.165) is 18.1 Å². The zero-order valence-corrected chi connectivity index (χ0v) is 20.4. The molecule has 2 aromatic rings. The first-order valence-corrected chi connectivity index (χ1v) is 9.94. The van der Waals surface area contributed by atoms with E-state index in [0.29, 0.717) is 42.8 Å². The summed E-state index contributed by atoms with van der Waals surface area (Å²) >= 11 is 0. The van der Waals surface area contributed by atoms with Crippen LogP contribution in [0.2, 0.25) is 0 Å². The van der Waals surface area contributed by atoms with Gasteiger partial charge < -0.3 is 25.0 Å². The Bertz CT molecular complexity index is 981. The van der Waals surface area contributed by atoms with Crippen LogP contribution < -0.4 is 25.0 Å². The van der Waals surface area contributed by atoms with Crippen LogP contribution in [0.15, 0.2) is 41.4 Å². The van der Waals surface area contributed by atoms with Crippen molar-refractivity contribution in [1.29, 1.82) is 0 Å². The molecule has 1 unspecified atom stereocenters. The normalized spacial score (nSPS) is 15.5. The highest BCUT2D eigenvalue weighted by Gasteiger charge is 2.25. The first-order chi connectivity index (χ1) is 15.0. The van der Waals surface area contributed by atoms with E-state index in [-0.39, 0.29) is 36.6 Å². The summed E-state index contributed by atoms with van der Waals surface area (Å²) in [6, 6.07) is 9.36. The number of hydrogen-bond acceptors (Lipinski definition) is 4. The van der Waals surface area contributed by atoms with Gasteiger partial charge in [-0.1, -0.05) is 12.0 Å². The fourth-order valence-corrected chi connectivity index (χ4v) is 3.47. The van der Waals surface area contributed by atoms with Crippen LogP contribution in [0.4, 0.5) is 14.5 Å². The molecule has 0 saturated carbocycles. The van der Waals surface area contributed by atoms with Crippen molar-refractivity contribution in [3.63, 3.8) is 0 Å². The largest absolute Gasteiger partial charge is 0.493 e. The third-order valence-corrected chi connectivity index (χ3v) is 5.00. The second-order valence-electron chi connectivity index (χ2n) is 7.08. The molecule has 32 heavy (non-hydrogen) atoms. The van der Waals surface area contributed by atoms with Crippen LogP contribution in [-0.2, 0) is 6.54 Å². The molecule has 1 saturated heterocycles. The number of nitrogens with one attached hydrogen (secondary N) is 2. The summed E-state index contributed by atoms with van der Waals surface area (Å²) in [4.78, 5) is 6.17. The van der Waals surface area contributed by atoms with Crippen LogP contribution in [0.5, 0.6) is 11.5 Å². The molecule has 1 atom stereocenters. The molecular weight excluding hydrogens is 529 g/mol. The van der Waals surface area contributed by atoms with Crippen LogP contribution >= 0.6 is 24.0 Å². The number of guanidine groups is 1. The number of hydrogen-bond donors (Lipinski definition) is 2. The Kier molecular flexibility index (Phi) is 9.84. The minimum Gasteiger partial charge on any atom is -0.493 e. The minimum atomic E-state index is -0.578. The van der Waals surface area contributed by atoms with Gasteiger partial charge in [0.15, 0.2) is 17.5 Å². The fraction of sp³-hybridized carbons (Fsp3) is 0.348. The van der Waals surface area contributed by atoms with Gasteiger partial charge in [-0.05, 0) is 36.2 Å². The number of halogens is 3. The molecular formula is C23H27F2IN4O2. The number of benzene rings is 2. The van der Waals surface area contributed by atoms with Crippen LogP contribution in [0.25, 0.3) is 0 Å². The molecule has 172 valence electrons. The average Bonchev–Trinajstić information content (AvgIpc) is 3.23. The highest BCUT2D eigenvalue weighted by molar-refractivity contribution is 14.0. The Hall–Kier alpha value is -2.74. The van der Waals surface area contributed by atoms with Crippen molar-refractivity contribution in [3.05, 3.63) is 53.6 Å². The summed E-state index contributed by atoms with van der Waals surface area (Å²) in [5, 5.41) is 6.62. The van der Waals surface area contributed by atoms with E-state index in [1.165, 1.54) is 12.1 Å². The van der Waals surface area contributed by atoms with Gasteiger partial charge in [0.25, 0.3) is 0 Å². The molecule has 0 aliphatic carbocycles. The van der Waals surface area contributed by atoms with Crippen molar-refractivity contribution in [1.82, 2.24) is 10.6 Å². The molecule has 0 spiro atoms. The molecule has 6 nitrogen and oxygen atoms in total. The van der Waals surface area contributed by atoms with E-state index < -0.39 is 11.6 Å². The van der Waals surface area contributed by atoms with Gasteiger partial charge in [-0.2, -0.15) is 0 Å². The maximum absolute atomic E-state index is 14.1. The lowest BCUT2D eigenvalue weighted by Gasteiger charge is -2.21. The van der Waals surface area contributed by atoms with Crippen molar-refractivity contribution in [2.24, 2.45) is 4.99 Å². The molecule has 0 bridgehead atoms. The summed E-state index contributed by atoms with van der Waals surface area (Å²) in [5.41, 5.74) is 1.38. The standard InChI is InChI=1S/C23H26F2N4O2.HI/c1-4-11-31-22-12-16(5-8-21(22)30-3)14-27-23(26-2)28-18-9-10-29(15-18)20-7-6-17(24)13-19(20)25;/h1,5-8,12-13,18H,9-11,14-15H2,2-3H3,(H2,26,27,28);1H. The topological polar surface area (TPSA) is 58.1 Å². The Morgan fingerprint density at radius 2 is 2.06 bits per heavy atom. The van der Waals surface area contributed by atoms with E-state index in [4.69, 9.17) is 15.9 Å². The molecule has 0 amide bonds. The maximum Gasteiger partial charge on any atom is 0.191 e. The zero-order chi connectivity index (χ0) is 22.2. The van der Waals surface area contributed by atoms with Gasteiger partial charge in [0.1, 0.15) is 18.2 Å². The summed E-state index contributed by atoms with van der Waals surface area (Å²) in [7, 11) is 3.27. The van der Waals surface area contributed by atoms with Crippen molar-refractivity contribution >= 4 is 35.6 Å². The highest BCUT2D eigenvalue weighted by atomic mass is 127. The Balaban J connectivity index is 0.00000363. The van der Waals surface area contributed by atoms with Crippen molar-refractivity contribution in [2.45, 2.75) is 19.0 Å². The second-order valence-corrected chi connectivity index (χ2v) is 7.08. The molecule has 1 aliphatic rings. The monoisotopic (exact) mass is 556 g/mol. The number of rotatable bonds is 7. The molecule has 3 rings (SSSR count). The van der Waals surface area contributed by atoms with Crippen LogP contribution in [0, 0.1) is 24.0 Å². The highest BCUT2D eigenvalue weighted by Crippen LogP contribution is 2.28. The van der Waals surface area contributed by atoms with E-state index in [1.54, 1.807) is 14.2 Å². The first kappa shape index (κ1) is 25.5. The number of methoxy groups -OCH3 is 1. The number of anilines is 1. The average molecular weight is 556 g/mol. The Morgan fingerprint density at radius 3 is 2.75 bits per heavy atom. The summed E-state index contributed by atoms with van der Waals surface area (Å²) in [5.74, 6) is 3.14. The molecule has 2 N–H and O–H groups in total. The lowest BCUT2D eigenvalue weighted by Crippen LogP contribution is -2.44. The lowest BCUT2D eigenvalue weighted by molar-refractivity contribution is 0.330. The summed E-state index contributed by atoms with van der Waals surface area (Å²) < 4.78 is 38.1. The van der Waals surface area contributed by atoms with Gasteiger partial charge in [-0.15, -0.1) is 30.4 Å². The SMILES string of the molecule is C#CCOc1cc(CNC(=NC)NC2CCN(c3ccc(F)cc3F)C2)ccc1OC.I. The molecule has 2 aromatic carbocycles. The quantitative estimate of drug-likeness (QED) is 0.237. The predicted octanol–water partition coefficient (Wildman–Crippen LogP) is 3.55. The maximum atomic E-state index is 14.1. The number of aliphatic imine (C=N–C) groups is 1. The van der Waals surface area contributed by atoms with Crippen LogP contribution in [-0.4, -0.2) is 45.9 Å². The van der Waals surface area contributed by atoms with E-state index in [9.17, 15) is 8.78 Å². The van der Waals surface area contributed by atoms with Gasteiger partial charge in [0.2, 0.25) is 0 Å². The fourth-order valence-electron chi connectivity index (χ4n) is 3.47. The third-order valence-electron chi connectivity index (χ3n) is 5.00. The van der Waals surface area contributed by atoms with Gasteiger partial charge >= 0.3 is 0 Å². The smallest absolute Gasteiger partial charge is 0.191 e. The van der Waals surface area contributed by atoms with Crippen molar-refractivity contribution in [2.75, 3.05) is 38.8 Å². The van der Waals surface area contributed by atoms with Crippen molar-refractivity contribution in [3.8, 4) is 23.8 Å². The molecule has 9 heteroatoms. The lowest BCUT2D eigenvalue weighted by atomic mass is 10.2. The van der Waals surface area contributed by atoms with Gasteiger partial charge in [-0.3, -0.25) is 4.99 Å². The zero-order valence-electron chi connectivity index (χ0n) is 18.0. The van der Waals surface area contributed by atoms with Crippen LogP contribution in [0.1, 0.15) is 12.0 Å². The van der Waals surface area contributed by atoms with E-state index >= 15 is 0 Å². The van der Waals surface area contributed by atoms with Gasteiger partial charge in [0.05, 0.1) is 12.8 Å². The second kappa shape index (κ2) is 12.3. The predicted molar refractivity (Wildman–Crippen MR) is 133 cm³/mol. The Labute approximate surface area is 204 Å². The van der Waals surface area contributed by atoms with E-state index in [2.05, 4.69) is 21.5 Å². The Morgan fingerprint density at radius 1 is 1.25 bits per heavy atom. The third kappa shape index (κ3) is 6.63. The van der Waals surface area contributed by atoms with Gasteiger partial charge in [0, 0.05) is 38.8 Å². The van der Waals surface area contributed by atoms with E-state index in [1.807, 2.05) is 23.1 Å². The van der Waals surface area contributed by atoms with Gasteiger partial charge in [-0.25, -0.2) is 8.78 Å². The number of nitrogens with zero attached hydrogens (tertiary/aromatic N) is 2. The molecule has 1 heterocycles. The summed E-state index contributed by atoms with van der Waals surface area (Å²) in [6.07, 6.45) is 6.08. The first-order valence-electron chi connectivity index (χ1n) is 9.94. The molecule has 0 radical (unpaired) electrons. The molecule has 1 aliphatic heterocycles. The number of ether oxygens (including phenoxy) is 2. The minimum absolute atomic E-state index is 0. The molecule has 1 fully saturated rings. The summed E-state index contributed by atoms with van der Waals surface area (Å²) in [6.45, 7) is 1.93. The molecule has 0 aromatic heterocycles. The van der Waals surface area contributed by atoms with Crippen LogP contribution in [0.3, 0.4) is 0 Å².